The number of hydrogen-bond acceptors (Lipinski definition) is 1. The standard InChI is InChI=1S/C5H8FNO/c1-5(6)2-7(3-5)4-8/h4H,2-3H2,1H3. The molecule has 0 N–H and O–H groups in total. The SMILES string of the molecule is CC1(F)CN(C=O)C1. The molecule has 0 radical (unpaired) electrons. The van der Waals surface area contributed by atoms with Gasteiger partial charge in [-0.1, -0.05) is 0 Å². The molecule has 0 aromatic carbocycles. The molecule has 1 saturated heterocycles. The van der Waals surface area contributed by atoms with E-state index in [9.17, 15) is 9.18 Å². The Morgan fingerprint density at radius 1 is 1.75 bits per heavy atom. The van der Waals surface area contributed by atoms with Crippen LogP contribution in [0, 0.1) is 0 Å². The van der Waals surface area contributed by atoms with Crippen LogP contribution in [-0.4, -0.2) is 30.1 Å². The summed E-state index contributed by atoms with van der Waals surface area (Å²) >= 11 is 0. The predicted molar refractivity (Wildman–Crippen MR) is 27.1 cm³/mol. The molecular formula is C5H8FNO. The first-order valence-electron chi connectivity index (χ1n) is 2.52. The van der Waals surface area contributed by atoms with Gasteiger partial charge in [-0.05, 0) is 6.92 Å². The van der Waals surface area contributed by atoms with Crippen molar-refractivity contribution in [3.63, 3.8) is 0 Å². The normalized spacial score (nSPS) is 24.5. The maximum Gasteiger partial charge on any atom is 0.209 e. The molecule has 3 heteroatoms. The molecule has 1 aliphatic heterocycles. The van der Waals surface area contributed by atoms with Crippen molar-refractivity contribution in [2.75, 3.05) is 13.1 Å². The fourth-order valence-electron chi connectivity index (χ4n) is 0.875. The van der Waals surface area contributed by atoms with E-state index >= 15 is 0 Å². The number of rotatable bonds is 1. The molecule has 8 heavy (non-hydrogen) atoms. The fourth-order valence-corrected chi connectivity index (χ4v) is 0.875. The van der Waals surface area contributed by atoms with Gasteiger partial charge in [0.15, 0.2) is 0 Å². The minimum atomic E-state index is -1.11. The fraction of sp³-hybridized carbons (Fsp3) is 0.800. The highest BCUT2D eigenvalue weighted by molar-refractivity contribution is 5.49. The van der Waals surface area contributed by atoms with Crippen LogP contribution in [-0.2, 0) is 4.79 Å². The number of nitrogens with zero attached hydrogens (tertiary/aromatic N) is 1. The van der Waals surface area contributed by atoms with Crippen molar-refractivity contribution in [2.24, 2.45) is 0 Å². The maximum atomic E-state index is 12.4. The summed E-state index contributed by atoms with van der Waals surface area (Å²) in [6, 6.07) is 0. The van der Waals surface area contributed by atoms with Gasteiger partial charge >= 0.3 is 0 Å². The maximum absolute atomic E-state index is 12.4. The van der Waals surface area contributed by atoms with Crippen LogP contribution in [0.15, 0.2) is 0 Å². The summed E-state index contributed by atoms with van der Waals surface area (Å²) in [6.45, 7) is 2.01. The number of carbonyl (C=O) groups is 1. The lowest BCUT2D eigenvalue weighted by Gasteiger charge is -2.39. The van der Waals surface area contributed by atoms with Crippen molar-refractivity contribution in [1.82, 2.24) is 4.90 Å². The Labute approximate surface area is 47.3 Å². The van der Waals surface area contributed by atoms with Gasteiger partial charge in [0.05, 0.1) is 13.1 Å². The molecule has 1 amide bonds. The highest BCUT2D eigenvalue weighted by Gasteiger charge is 2.37. The van der Waals surface area contributed by atoms with Gasteiger partial charge in [0.1, 0.15) is 5.67 Å². The Morgan fingerprint density at radius 3 is 2.38 bits per heavy atom. The van der Waals surface area contributed by atoms with Crippen molar-refractivity contribution in [3.8, 4) is 0 Å². The van der Waals surface area contributed by atoms with Crippen LogP contribution < -0.4 is 0 Å². The third-order valence-corrected chi connectivity index (χ3v) is 1.21. The van der Waals surface area contributed by atoms with Gasteiger partial charge in [-0.15, -0.1) is 0 Å². The van der Waals surface area contributed by atoms with Crippen LogP contribution in [0.4, 0.5) is 4.39 Å². The molecule has 1 aliphatic rings. The first kappa shape index (κ1) is 5.54. The summed E-state index contributed by atoms with van der Waals surface area (Å²) in [5.41, 5.74) is -1.11. The Balaban J connectivity index is 2.31. The van der Waals surface area contributed by atoms with Gasteiger partial charge in [0.25, 0.3) is 0 Å². The minimum Gasteiger partial charge on any atom is -0.339 e. The summed E-state index contributed by atoms with van der Waals surface area (Å²) in [5, 5.41) is 0. The lowest BCUT2D eigenvalue weighted by atomic mass is 10.0. The topological polar surface area (TPSA) is 20.3 Å². The van der Waals surface area contributed by atoms with Crippen LogP contribution in [0.5, 0.6) is 0 Å². The smallest absolute Gasteiger partial charge is 0.209 e. The molecule has 0 spiro atoms. The summed E-state index contributed by atoms with van der Waals surface area (Å²) in [6.07, 6.45) is 0.668. The van der Waals surface area contributed by atoms with E-state index in [0.717, 1.165) is 0 Å². The number of halogens is 1. The molecule has 0 aromatic rings. The van der Waals surface area contributed by atoms with Gasteiger partial charge in [0.2, 0.25) is 6.41 Å². The van der Waals surface area contributed by atoms with Gasteiger partial charge in [-0.3, -0.25) is 4.79 Å². The monoisotopic (exact) mass is 117 g/mol. The van der Waals surface area contributed by atoms with E-state index in [4.69, 9.17) is 0 Å². The largest absolute Gasteiger partial charge is 0.339 e. The zero-order valence-electron chi connectivity index (χ0n) is 4.72. The second-order valence-electron chi connectivity index (χ2n) is 2.42. The first-order valence-corrected chi connectivity index (χ1v) is 2.52. The van der Waals surface area contributed by atoms with Crippen LogP contribution in [0.1, 0.15) is 6.92 Å². The van der Waals surface area contributed by atoms with E-state index in [0.29, 0.717) is 6.41 Å². The molecule has 1 rings (SSSR count). The van der Waals surface area contributed by atoms with Crippen LogP contribution >= 0.6 is 0 Å². The molecule has 1 fully saturated rings. The molecule has 0 saturated carbocycles. The van der Waals surface area contributed by atoms with E-state index < -0.39 is 5.67 Å². The Morgan fingerprint density at radius 2 is 2.25 bits per heavy atom. The lowest BCUT2D eigenvalue weighted by Crippen LogP contribution is -2.56. The Kier molecular flexibility index (Phi) is 0.994. The zero-order valence-corrected chi connectivity index (χ0v) is 4.72. The molecule has 0 bridgehead atoms. The van der Waals surface area contributed by atoms with Crippen molar-refractivity contribution >= 4 is 6.41 Å². The molecule has 46 valence electrons. The number of amides is 1. The van der Waals surface area contributed by atoms with Crippen LogP contribution in [0.3, 0.4) is 0 Å². The van der Waals surface area contributed by atoms with Crippen molar-refractivity contribution in [1.29, 1.82) is 0 Å². The molecular weight excluding hydrogens is 109 g/mol. The van der Waals surface area contributed by atoms with Gasteiger partial charge in [0, 0.05) is 0 Å². The quantitative estimate of drug-likeness (QED) is 0.449. The van der Waals surface area contributed by atoms with E-state index in [1.54, 1.807) is 0 Å². The molecule has 0 unspecified atom stereocenters. The Hall–Kier alpha value is -0.600. The van der Waals surface area contributed by atoms with Crippen LogP contribution in [0.25, 0.3) is 0 Å². The van der Waals surface area contributed by atoms with Gasteiger partial charge < -0.3 is 4.90 Å². The molecule has 1 heterocycles. The van der Waals surface area contributed by atoms with Gasteiger partial charge in [-0.25, -0.2) is 4.39 Å². The highest BCUT2D eigenvalue weighted by Crippen LogP contribution is 2.21. The summed E-state index contributed by atoms with van der Waals surface area (Å²) in [7, 11) is 0. The van der Waals surface area contributed by atoms with Crippen LogP contribution in [0.2, 0.25) is 0 Å². The summed E-state index contributed by atoms with van der Waals surface area (Å²) in [5.74, 6) is 0. The van der Waals surface area contributed by atoms with E-state index in [-0.39, 0.29) is 13.1 Å². The number of alkyl halides is 1. The molecule has 2 nitrogen and oxygen atoms in total. The third-order valence-electron chi connectivity index (χ3n) is 1.21. The minimum absolute atomic E-state index is 0.260. The predicted octanol–water partition coefficient (Wildman–Crippen LogP) is 0.187. The number of carbonyl (C=O) groups excluding carboxylic acids is 1. The zero-order chi connectivity index (χ0) is 6.20. The van der Waals surface area contributed by atoms with Crippen molar-refractivity contribution < 1.29 is 9.18 Å². The Bertz CT molecular complexity index is 105. The molecule has 0 aliphatic carbocycles. The van der Waals surface area contributed by atoms with Gasteiger partial charge in [-0.2, -0.15) is 0 Å². The van der Waals surface area contributed by atoms with E-state index in [1.165, 1.54) is 11.8 Å². The van der Waals surface area contributed by atoms with Crippen molar-refractivity contribution in [2.45, 2.75) is 12.6 Å². The van der Waals surface area contributed by atoms with E-state index in [2.05, 4.69) is 0 Å². The summed E-state index contributed by atoms with van der Waals surface area (Å²) < 4.78 is 12.4. The second kappa shape index (κ2) is 1.44. The first-order chi connectivity index (χ1) is 3.64. The van der Waals surface area contributed by atoms with E-state index in [1.807, 2.05) is 0 Å². The third kappa shape index (κ3) is 0.804. The summed E-state index contributed by atoms with van der Waals surface area (Å²) in [4.78, 5) is 11.2. The average molecular weight is 117 g/mol. The number of hydrogen-bond donors (Lipinski definition) is 0. The lowest BCUT2D eigenvalue weighted by molar-refractivity contribution is -0.129. The average Bonchev–Trinajstić information content (AvgIpc) is 1.60. The van der Waals surface area contributed by atoms with Crippen molar-refractivity contribution in [3.05, 3.63) is 0 Å². The highest BCUT2D eigenvalue weighted by atomic mass is 19.1. The molecule has 0 atom stereocenters. The number of likely N-dealkylation sites (tertiary alicyclic amines) is 1. The molecule has 0 aromatic heterocycles. The second-order valence-corrected chi connectivity index (χ2v) is 2.42.